The van der Waals surface area contributed by atoms with Gasteiger partial charge >= 0.3 is 5.97 Å². The van der Waals surface area contributed by atoms with Gasteiger partial charge in [0.1, 0.15) is 5.82 Å². The summed E-state index contributed by atoms with van der Waals surface area (Å²) in [6, 6.07) is 10.8. The van der Waals surface area contributed by atoms with E-state index in [4.69, 9.17) is 4.74 Å². The van der Waals surface area contributed by atoms with Crippen LogP contribution in [0.4, 0.5) is 5.82 Å². The molecule has 2 aliphatic rings. The monoisotopic (exact) mass is 471 g/mol. The first-order valence-corrected chi connectivity index (χ1v) is 10.7. The van der Waals surface area contributed by atoms with E-state index < -0.39 is 11.6 Å². The Labute approximate surface area is 182 Å². The molecule has 2 amide bonds. The van der Waals surface area contributed by atoms with Crippen molar-refractivity contribution in [2.75, 3.05) is 18.4 Å². The maximum absolute atomic E-state index is 13.2. The number of likely N-dealkylation sites (tertiary alicyclic amines) is 1. The van der Waals surface area contributed by atoms with Gasteiger partial charge in [-0.05, 0) is 59.5 Å². The van der Waals surface area contributed by atoms with Crippen molar-refractivity contribution in [3.63, 3.8) is 0 Å². The van der Waals surface area contributed by atoms with Gasteiger partial charge in [0.15, 0.2) is 5.60 Å². The number of rotatable bonds is 3. The lowest BCUT2D eigenvalue weighted by Crippen LogP contribution is -2.55. The Morgan fingerprint density at radius 3 is 2.63 bits per heavy atom. The van der Waals surface area contributed by atoms with Crippen LogP contribution in [0.5, 0.6) is 0 Å². The van der Waals surface area contributed by atoms with E-state index in [1.54, 1.807) is 36.2 Å². The van der Waals surface area contributed by atoms with Crippen LogP contribution >= 0.6 is 15.9 Å². The van der Waals surface area contributed by atoms with Crippen molar-refractivity contribution in [1.29, 1.82) is 0 Å². The highest BCUT2D eigenvalue weighted by atomic mass is 79.9. The highest BCUT2D eigenvalue weighted by Crippen LogP contribution is 2.31. The minimum Gasteiger partial charge on any atom is -0.445 e. The van der Waals surface area contributed by atoms with Gasteiger partial charge in [-0.15, -0.1) is 0 Å². The van der Waals surface area contributed by atoms with Crippen molar-refractivity contribution in [2.45, 2.75) is 31.8 Å². The second kappa shape index (κ2) is 8.18. The normalized spacial score (nSPS) is 21.5. The molecule has 0 bridgehead atoms. The van der Waals surface area contributed by atoms with Gasteiger partial charge in [0.25, 0.3) is 5.91 Å². The molecule has 1 saturated heterocycles. The van der Waals surface area contributed by atoms with Crippen molar-refractivity contribution in [3.05, 3.63) is 58.2 Å². The number of ether oxygens (including phenoxy) is 1. The minimum atomic E-state index is -1.22. The maximum Gasteiger partial charge on any atom is 0.339 e. The van der Waals surface area contributed by atoms with Gasteiger partial charge in [0.2, 0.25) is 5.91 Å². The number of carbonyl (C=O) groups excluding carboxylic acids is 3. The van der Waals surface area contributed by atoms with Crippen LogP contribution in [0.1, 0.15) is 35.7 Å². The molecule has 2 aliphatic heterocycles. The Kier molecular flexibility index (Phi) is 5.60. The number of fused-ring (bicyclic) bond motifs is 1. The van der Waals surface area contributed by atoms with E-state index in [2.05, 4.69) is 26.2 Å². The number of benzene rings is 1. The number of anilines is 1. The van der Waals surface area contributed by atoms with Crippen LogP contribution in [0.3, 0.4) is 0 Å². The summed E-state index contributed by atoms with van der Waals surface area (Å²) in [4.78, 5) is 43.9. The van der Waals surface area contributed by atoms with E-state index in [1.807, 2.05) is 18.2 Å². The molecule has 0 spiro atoms. The summed E-state index contributed by atoms with van der Waals surface area (Å²) in [5, 5.41) is 2.83. The van der Waals surface area contributed by atoms with Gasteiger partial charge in [0, 0.05) is 36.1 Å². The number of hydrogen-bond acceptors (Lipinski definition) is 5. The third-order valence-corrected chi connectivity index (χ3v) is 6.14. The average molecular weight is 472 g/mol. The van der Waals surface area contributed by atoms with Crippen molar-refractivity contribution in [3.8, 4) is 0 Å². The topological polar surface area (TPSA) is 88.6 Å². The zero-order chi connectivity index (χ0) is 21.3. The van der Waals surface area contributed by atoms with E-state index in [0.717, 1.165) is 10.0 Å². The van der Waals surface area contributed by atoms with Gasteiger partial charge in [-0.3, -0.25) is 9.59 Å². The van der Waals surface area contributed by atoms with E-state index in [9.17, 15) is 14.4 Å². The fraction of sp³-hybridized carbons (Fsp3) is 0.364. The van der Waals surface area contributed by atoms with Gasteiger partial charge in [-0.1, -0.05) is 18.2 Å². The first kappa shape index (κ1) is 20.5. The van der Waals surface area contributed by atoms with Gasteiger partial charge < -0.3 is 15.0 Å². The summed E-state index contributed by atoms with van der Waals surface area (Å²) in [6.45, 7) is 2.56. The molecule has 1 unspecified atom stereocenters. The number of halogens is 1. The van der Waals surface area contributed by atoms with Gasteiger partial charge in [0.05, 0.1) is 5.56 Å². The predicted octanol–water partition coefficient (Wildman–Crippen LogP) is 3.19. The highest BCUT2D eigenvalue weighted by molar-refractivity contribution is 9.10. The van der Waals surface area contributed by atoms with Crippen LogP contribution < -0.4 is 5.32 Å². The Morgan fingerprint density at radius 2 is 1.93 bits per heavy atom. The van der Waals surface area contributed by atoms with Crippen molar-refractivity contribution >= 4 is 39.5 Å². The third-order valence-electron chi connectivity index (χ3n) is 5.67. The number of nitrogens with zero attached hydrogens (tertiary/aromatic N) is 2. The van der Waals surface area contributed by atoms with E-state index in [-0.39, 0.29) is 17.7 Å². The lowest BCUT2D eigenvalue weighted by molar-refractivity contribution is -0.153. The van der Waals surface area contributed by atoms with Crippen molar-refractivity contribution < 1.29 is 19.1 Å². The standard InChI is InChI=1S/C22H22BrN3O4/c1-22(12-15-4-2-3-5-17(15)20(28)30-22)21(29)26-10-8-14(9-11-26)19(27)25-18-7-6-16(23)13-24-18/h2-7,13-14H,8-12H2,1H3,(H,24,25,27). The molecule has 1 aromatic heterocycles. The second-order valence-corrected chi connectivity index (χ2v) is 8.79. The zero-order valence-electron chi connectivity index (χ0n) is 16.6. The maximum atomic E-state index is 13.2. The summed E-state index contributed by atoms with van der Waals surface area (Å²) in [5.41, 5.74) is 0.113. The number of hydrogen-bond donors (Lipinski definition) is 1. The number of amides is 2. The fourth-order valence-electron chi connectivity index (χ4n) is 4.01. The molecule has 1 aromatic carbocycles. The average Bonchev–Trinajstić information content (AvgIpc) is 2.75. The third kappa shape index (κ3) is 4.09. The number of pyridine rings is 1. The zero-order valence-corrected chi connectivity index (χ0v) is 18.1. The molecular formula is C22H22BrN3O4. The molecule has 8 heteroatoms. The molecular weight excluding hydrogens is 450 g/mol. The smallest absolute Gasteiger partial charge is 0.339 e. The molecule has 1 N–H and O–H groups in total. The van der Waals surface area contributed by atoms with E-state index >= 15 is 0 Å². The van der Waals surface area contributed by atoms with Crippen molar-refractivity contribution in [1.82, 2.24) is 9.88 Å². The predicted molar refractivity (Wildman–Crippen MR) is 114 cm³/mol. The van der Waals surface area contributed by atoms with Crippen LogP contribution in [0, 0.1) is 5.92 Å². The van der Waals surface area contributed by atoms with Crippen LogP contribution in [0.2, 0.25) is 0 Å². The van der Waals surface area contributed by atoms with E-state index in [1.165, 1.54) is 0 Å². The summed E-state index contributed by atoms with van der Waals surface area (Å²) < 4.78 is 6.40. The number of esters is 1. The summed E-state index contributed by atoms with van der Waals surface area (Å²) in [6.07, 6.45) is 3.08. The second-order valence-electron chi connectivity index (χ2n) is 7.87. The van der Waals surface area contributed by atoms with Crippen molar-refractivity contribution in [2.24, 2.45) is 5.92 Å². The lowest BCUT2D eigenvalue weighted by atomic mass is 9.87. The molecule has 4 rings (SSSR count). The molecule has 0 saturated carbocycles. The van der Waals surface area contributed by atoms with Gasteiger partial charge in [-0.2, -0.15) is 0 Å². The SMILES string of the molecule is CC1(C(=O)N2CCC(C(=O)Nc3ccc(Br)cn3)CC2)Cc2ccccc2C(=O)O1. The molecule has 7 nitrogen and oxygen atoms in total. The quantitative estimate of drug-likeness (QED) is 0.694. The summed E-state index contributed by atoms with van der Waals surface area (Å²) in [5.74, 6) is -0.465. The molecule has 0 aliphatic carbocycles. The van der Waals surface area contributed by atoms with Crippen LogP contribution in [-0.2, 0) is 20.7 Å². The molecule has 3 heterocycles. The Balaban J connectivity index is 1.37. The van der Waals surface area contributed by atoms with Crippen LogP contribution in [-0.4, -0.2) is 46.4 Å². The molecule has 0 radical (unpaired) electrons. The first-order valence-electron chi connectivity index (χ1n) is 9.89. The summed E-state index contributed by atoms with van der Waals surface area (Å²) >= 11 is 3.31. The Hall–Kier alpha value is -2.74. The number of piperidine rings is 1. The number of aromatic nitrogens is 1. The van der Waals surface area contributed by atoms with Gasteiger partial charge in [-0.25, -0.2) is 9.78 Å². The molecule has 156 valence electrons. The molecule has 2 aromatic rings. The Morgan fingerprint density at radius 1 is 1.20 bits per heavy atom. The van der Waals surface area contributed by atoms with E-state index in [0.29, 0.717) is 43.7 Å². The lowest BCUT2D eigenvalue weighted by Gasteiger charge is -2.39. The van der Waals surface area contributed by atoms with Crippen LogP contribution in [0.15, 0.2) is 47.1 Å². The largest absolute Gasteiger partial charge is 0.445 e. The molecule has 30 heavy (non-hydrogen) atoms. The highest BCUT2D eigenvalue weighted by Gasteiger charge is 2.45. The minimum absolute atomic E-state index is 0.0962. The summed E-state index contributed by atoms with van der Waals surface area (Å²) in [7, 11) is 0. The Bertz CT molecular complexity index is 986. The number of cyclic esters (lactones) is 1. The number of carbonyl (C=O) groups is 3. The molecule has 1 atom stereocenters. The first-order chi connectivity index (χ1) is 14.4. The number of nitrogens with one attached hydrogen (secondary N) is 1. The fourth-order valence-corrected chi connectivity index (χ4v) is 4.24. The van der Waals surface area contributed by atoms with Crippen LogP contribution in [0.25, 0.3) is 0 Å². The molecule has 1 fully saturated rings.